The summed E-state index contributed by atoms with van der Waals surface area (Å²) in [7, 11) is 4.45. The lowest BCUT2D eigenvalue weighted by Crippen LogP contribution is -2.50. The number of piperazine rings is 1. The summed E-state index contributed by atoms with van der Waals surface area (Å²) < 4.78 is 0. The molecule has 5 heteroatoms. The van der Waals surface area contributed by atoms with Gasteiger partial charge in [0.05, 0.1) is 10.7 Å². The summed E-state index contributed by atoms with van der Waals surface area (Å²) in [6, 6.07) is 0.595. The molecule has 1 N–H and O–H groups in total. The molecule has 1 aliphatic heterocycles. The number of nitrogens with zero attached hydrogens (tertiary/aromatic N) is 3. The average molecular weight is 311 g/mol. The number of likely N-dealkylation sites (N-methyl/N-ethyl adjacent to an activating group) is 2. The largest absolute Gasteiger partial charge is 0.307 e. The Labute approximate surface area is 133 Å². The van der Waals surface area contributed by atoms with E-state index in [0.717, 1.165) is 26.1 Å². The van der Waals surface area contributed by atoms with Gasteiger partial charge in [0.1, 0.15) is 0 Å². The highest BCUT2D eigenvalue weighted by molar-refractivity contribution is 7.11. The highest BCUT2D eigenvalue weighted by Crippen LogP contribution is 2.22. The van der Waals surface area contributed by atoms with Crippen LogP contribution in [-0.4, -0.2) is 60.1 Å². The lowest BCUT2D eigenvalue weighted by Gasteiger charge is -2.37. The molecular weight excluding hydrogens is 280 g/mol. The third-order valence-electron chi connectivity index (χ3n) is 4.11. The zero-order valence-electron chi connectivity index (χ0n) is 14.4. The van der Waals surface area contributed by atoms with Gasteiger partial charge in [-0.15, -0.1) is 11.3 Å². The molecule has 1 atom stereocenters. The molecule has 0 radical (unpaired) electrons. The molecule has 1 aliphatic rings. The molecule has 0 saturated carbocycles. The van der Waals surface area contributed by atoms with Gasteiger partial charge >= 0.3 is 0 Å². The Morgan fingerprint density at radius 3 is 2.67 bits per heavy atom. The van der Waals surface area contributed by atoms with E-state index in [9.17, 15) is 0 Å². The first kappa shape index (κ1) is 16.9. The van der Waals surface area contributed by atoms with Crippen LogP contribution in [0, 0.1) is 6.92 Å². The number of hydrogen-bond acceptors (Lipinski definition) is 5. The Hall–Kier alpha value is -0.490. The van der Waals surface area contributed by atoms with Crippen molar-refractivity contribution in [2.75, 3.05) is 33.7 Å². The standard InChI is InChI=1S/C16H30N4S/c1-12-14(10-17-16(2,3)4)21-15(18-12)9-13-11-19(5)7-8-20(13)6/h13,17H,7-11H2,1-6H3. The summed E-state index contributed by atoms with van der Waals surface area (Å²) in [5, 5.41) is 4.85. The van der Waals surface area contributed by atoms with Crippen molar-refractivity contribution in [3.63, 3.8) is 0 Å². The van der Waals surface area contributed by atoms with Crippen LogP contribution in [0.15, 0.2) is 0 Å². The molecule has 1 aromatic heterocycles. The molecule has 0 aliphatic carbocycles. The van der Waals surface area contributed by atoms with Gasteiger partial charge in [0.15, 0.2) is 0 Å². The van der Waals surface area contributed by atoms with Gasteiger partial charge < -0.3 is 15.1 Å². The molecule has 2 heterocycles. The van der Waals surface area contributed by atoms with E-state index in [2.05, 4.69) is 56.9 Å². The fourth-order valence-corrected chi connectivity index (χ4v) is 3.69. The maximum atomic E-state index is 4.80. The van der Waals surface area contributed by atoms with Gasteiger partial charge in [-0.1, -0.05) is 0 Å². The summed E-state index contributed by atoms with van der Waals surface area (Å²) in [5.41, 5.74) is 1.35. The molecular formula is C16H30N4S. The molecule has 0 amide bonds. The van der Waals surface area contributed by atoms with Gasteiger partial charge in [-0.25, -0.2) is 4.98 Å². The molecule has 1 unspecified atom stereocenters. The zero-order chi connectivity index (χ0) is 15.6. The van der Waals surface area contributed by atoms with Crippen LogP contribution in [0.4, 0.5) is 0 Å². The van der Waals surface area contributed by atoms with Crippen molar-refractivity contribution in [1.82, 2.24) is 20.1 Å². The predicted octanol–water partition coefficient (Wildman–Crippen LogP) is 2.13. The van der Waals surface area contributed by atoms with Crippen LogP contribution in [0.5, 0.6) is 0 Å². The van der Waals surface area contributed by atoms with Gasteiger partial charge in [0.2, 0.25) is 0 Å². The van der Waals surface area contributed by atoms with Gasteiger partial charge in [0.25, 0.3) is 0 Å². The molecule has 1 saturated heterocycles. The van der Waals surface area contributed by atoms with Crippen LogP contribution in [0.25, 0.3) is 0 Å². The lowest BCUT2D eigenvalue weighted by atomic mass is 10.1. The number of aromatic nitrogens is 1. The highest BCUT2D eigenvalue weighted by Gasteiger charge is 2.24. The van der Waals surface area contributed by atoms with Crippen molar-refractivity contribution in [1.29, 1.82) is 0 Å². The number of rotatable bonds is 4. The van der Waals surface area contributed by atoms with Crippen molar-refractivity contribution in [2.45, 2.75) is 52.2 Å². The minimum absolute atomic E-state index is 0.156. The van der Waals surface area contributed by atoms with Crippen molar-refractivity contribution < 1.29 is 0 Å². The van der Waals surface area contributed by atoms with Crippen molar-refractivity contribution >= 4 is 11.3 Å². The number of nitrogens with one attached hydrogen (secondary N) is 1. The van der Waals surface area contributed by atoms with E-state index in [-0.39, 0.29) is 5.54 Å². The van der Waals surface area contributed by atoms with Gasteiger partial charge in [-0.3, -0.25) is 0 Å². The minimum atomic E-state index is 0.156. The summed E-state index contributed by atoms with van der Waals surface area (Å²) in [5.74, 6) is 0. The monoisotopic (exact) mass is 310 g/mol. The Morgan fingerprint density at radius 1 is 1.29 bits per heavy atom. The van der Waals surface area contributed by atoms with E-state index in [0.29, 0.717) is 6.04 Å². The molecule has 21 heavy (non-hydrogen) atoms. The maximum absolute atomic E-state index is 4.80. The first-order valence-electron chi connectivity index (χ1n) is 7.83. The van der Waals surface area contributed by atoms with Crippen LogP contribution in [-0.2, 0) is 13.0 Å². The van der Waals surface area contributed by atoms with E-state index >= 15 is 0 Å². The minimum Gasteiger partial charge on any atom is -0.307 e. The lowest BCUT2D eigenvalue weighted by molar-refractivity contribution is 0.114. The highest BCUT2D eigenvalue weighted by atomic mass is 32.1. The summed E-state index contributed by atoms with van der Waals surface area (Å²) in [4.78, 5) is 11.1. The topological polar surface area (TPSA) is 31.4 Å². The summed E-state index contributed by atoms with van der Waals surface area (Å²) >= 11 is 1.88. The Bertz CT molecular complexity index is 463. The third kappa shape index (κ3) is 5.02. The van der Waals surface area contributed by atoms with Crippen LogP contribution in [0.3, 0.4) is 0 Å². The summed E-state index contributed by atoms with van der Waals surface area (Å²) in [6.45, 7) is 13.1. The SMILES string of the molecule is Cc1nc(CC2CN(C)CCN2C)sc1CNC(C)(C)C. The second kappa shape index (κ2) is 6.73. The number of hydrogen-bond donors (Lipinski definition) is 1. The average Bonchev–Trinajstić information content (AvgIpc) is 2.71. The van der Waals surface area contributed by atoms with Gasteiger partial charge in [0, 0.05) is 49.1 Å². The third-order valence-corrected chi connectivity index (χ3v) is 5.29. The second-order valence-corrected chi connectivity index (χ2v) is 8.49. The fourth-order valence-electron chi connectivity index (χ4n) is 2.61. The molecule has 0 spiro atoms. The van der Waals surface area contributed by atoms with Crippen molar-refractivity contribution in [3.8, 4) is 0 Å². The van der Waals surface area contributed by atoms with Crippen LogP contribution < -0.4 is 5.32 Å². The van der Waals surface area contributed by atoms with Gasteiger partial charge in [-0.05, 0) is 41.8 Å². The molecule has 2 rings (SSSR count). The van der Waals surface area contributed by atoms with Crippen molar-refractivity contribution in [2.24, 2.45) is 0 Å². The molecule has 1 aromatic rings. The van der Waals surface area contributed by atoms with E-state index in [1.165, 1.54) is 22.1 Å². The predicted molar refractivity (Wildman–Crippen MR) is 91.1 cm³/mol. The second-order valence-electron chi connectivity index (χ2n) is 7.32. The summed E-state index contributed by atoms with van der Waals surface area (Å²) in [6.07, 6.45) is 1.07. The first-order valence-corrected chi connectivity index (χ1v) is 8.65. The fraction of sp³-hybridized carbons (Fsp3) is 0.812. The quantitative estimate of drug-likeness (QED) is 0.923. The van der Waals surface area contributed by atoms with Crippen LogP contribution in [0.2, 0.25) is 0 Å². The molecule has 4 nitrogen and oxygen atoms in total. The van der Waals surface area contributed by atoms with Crippen LogP contribution in [0.1, 0.15) is 36.3 Å². The van der Waals surface area contributed by atoms with E-state index in [4.69, 9.17) is 4.98 Å². The molecule has 0 aromatic carbocycles. The first-order chi connectivity index (χ1) is 9.74. The van der Waals surface area contributed by atoms with Crippen molar-refractivity contribution in [3.05, 3.63) is 15.6 Å². The Morgan fingerprint density at radius 2 is 2.00 bits per heavy atom. The molecule has 120 valence electrons. The maximum Gasteiger partial charge on any atom is 0.0947 e. The number of aryl methyl sites for hydroxylation is 1. The van der Waals surface area contributed by atoms with E-state index in [1.807, 2.05) is 11.3 Å². The zero-order valence-corrected chi connectivity index (χ0v) is 15.2. The molecule has 0 bridgehead atoms. The number of thiazole rings is 1. The Balaban J connectivity index is 1.98. The van der Waals surface area contributed by atoms with Crippen LogP contribution >= 0.6 is 11.3 Å². The van der Waals surface area contributed by atoms with E-state index < -0.39 is 0 Å². The Kier molecular flexibility index (Phi) is 5.41. The normalized spacial score (nSPS) is 21.9. The molecule has 1 fully saturated rings. The smallest absolute Gasteiger partial charge is 0.0947 e. The van der Waals surface area contributed by atoms with E-state index in [1.54, 1.807) is 0 Å². The van der Waals surface area contributed by atoms with Gasteiger partial charge in [-0.2, -0.15) is 0 Å².